The smallest absolute Gasteiger partial charge is 0.288 e. The molecule has 122 valence electrons. The molecule has 0 spiro atoms. The van der Waals surface area contributed by atoms with Crippen molar-refractivity contribution >= 4 is 11.7 Å². The summed E-state index contributed by atoms with van der Waals surface area (Å²) in [5.74, 6) is 0.339. The van der Waals surface area contributed by atoms with Crippen molar-refractivity contribution in [3.05, 3.63) is 53.6 Å². The second-order valence-corrected chi connectivity index (χ2v) is 6.68. The Morgan fingerprint density at radius 3 is 2.54 bits per heavy atom. The molecule has 1 saturated carbocycles. The molecule has 5 nitrogen and oxygen atoms in total. The summed E-state index contributed by atoms with van der Waals surface area (Å²) in [7, 11) is 0. The van der Waals surface area contributed by atoms with Crippen LogP contribution in [-0.4, -0.2) is 21.9 Å². The van der Waals surface area contributed by atoms with E-state index in [0.29, 0.717) is 11.7 Å². The maximum absolute atomic E-state index is 12.5. The predicted molar refractivity (Wildman–Crippen MR) is 92.5 cm³/mol. The van der Waals surface area contributed by atoms with Crippen molar-refractivity contribution in [3.8, 4) is 11.3 Å². The molecule has 0 saturated heterocycles. The van der Waals surface area contributed by atoms with Crippen molar-refractivity contribution in [2.24, 2.45) is 0 Å². The van der Waals surface area contributed by atoms with Crippen molar-refractivity contribution in [2.75, 3.05) is 0 Å². The van der Waals surface area contributed by atoms with Crippen LogP contribution in [0.2, 0.25) is 0 Å². The molecule has 1 aromatic heterocycles. The van der Waals surface area contributed by atoms with Crippen LogP contribution in [0.3, 0.4) is 0 Å². The monoisotopic (exact) mass is 320 g/mol. The highest BCUT2D eigenvalue weighted by atomic mass is 16.2. The van der Waals surface area contributed by atoms with Crippen molar-refractivity contribution < 1.29 is 4.79 Å². The Balaban J connectivity index is 1.80. The van der Waals surface area contributed by atoms with Crippen LogP contribution in [0.15, 0.2) is 36.7 Å². The third-order valence-electron chi connectivity index (χ3n) is 4.65. The number of benzene rings is 1. The van der Waals surface area contributed by atoms with Crippen LogP contribution in [0.5, 0.6) is 0 Å². The van der Waals surface area contributed by atoms with Gasteiger partial charge in [0, 0.05) is 11.6 Å². The average Bonchev–Trinajstić information content (AvgIpc) is 2.58. The van der Waals surface area contributed by atoms with E-state index in [2.05, 4.69) is 20.1 Å². The number of carbonyl (C=O) groups is 1. The Morgan fingerprint density at radius 1 is 1.25 bits per heavy atom. The van der Waals surface area contributed by atoms with E-state index in [-0.39, 0.29) is 11.7 Å². The van der Waals surface area contributed by atoms with Crippen molar-refractivity contribution in [3.63, 3.8) is 0 Å². The number of rotatable bonds is 4. The third-order valence-corrected chi connectivity index (χ3v) is 4.65. The van der Waals surface area contributed by atoms with Gasteiger partial charge in [0.25, 0.3) is 5.82 Å². The van der Waals surface area contributed by atoms with Gasteiger partial charge in [-0.05, 0) is 38.7 Å². The van der Waals surface area contributed by atoms with Gasteiger partial charge in [-0.15, -0.1) is 4.98 Å². The number of nitrogens with one attached hydrogen (secondary N) is 1. The number of carbonyl (C=O) groups excluding carboxylic acids is 1. The minimum atomic E-state index is -0.585. The molecule has 5 heteroatoms. The second-order valence-electron chi connectivity index (χ2n) is 6.68. The lowest BCUT2D eigenvalue weighted by molar-refractivity contribution is -0.126. The van der Waals surface area contributed by atoms with Crippen LogP contribution in [0.4, 0.5) is 5.82 Å². The summed E-state index contributed by atoms with van der Waals surface area (Å²) in [5, 5.41) is 3.12. The van der Waals surface area contributed by atoms with Gasteiger partial charge < -0.3 is 10.2 Å². The lowest BCUT2D eigenvalue weighted by Gasteiger charge is -2.32. The minimum Gasteiger partial charge on any atom is -0.359 e. The lowest BCUT2D eigenvalue weighted by atomic mass is 9.82. The van der Waals surface area contributed by atoms with Crippen molar-refractivity contribution in [2.45, 2.75) is 44.6 Å². The highest BCUT2D eigenvalue weighted by Crippen LogP contribution is 2.28. The summed E-state index contributed by atoms with van der Waals surface area (Å²) in [4.78, 5) is 24.1. The van der Waals surface area contributed by atoms with E-state index >= 15 is 0 Å². The molecule has 0 bridgehead atoms. The zero-order chi connectivity index (χ0) is 17.2. The summed E-state index contributed by atoms with van der Waals surface area (Å²) >= 11 is 0. The largest absolute Gasteiger partial charge is 0.359 e. The first kappa shape index (κ1) is 16.1. The Hall–Kier alpha value is -2.74. The topological polar surface area (TPSA) is 59.2 Å². The van der Waals surface area contributed by atoms with E-state index in [1.807, 2.05) is 38.1 Å². The number of amides is 1. The maximum Gasteiger partial charge on any atom is 0.288 e. The first-order chi connectivity index (χ1) is 11.5. The summed E-state index contributed by atoms with van der Waals surface area (Å²) in [6.45, 7) is 10.9. The minimum absolute atomic E-state index is 0.0646. The zero-order valence-electron chi connectivity index (χ0n) is 13.9. The summed E-state index contributed by atoms with van der Waals surface area (Å²) < 4.78 is 0. The third kappa shape index (κ3) is 3.13. The van der Waals surface area contributed by atoms with Gasteiger partial charge in [0.15, 0.2) is 5.69 Å². The summed E-state index contributed by atoms with van der Waals surface area (Å²) in [6, 6.07) is 8.07. The van der Waals surface area contributed by atoms with Gasteiger partial charge in [-0.25, -0.2) is 0 Å². The Bertz CT molecular complexity index is 786. The number of hydrogen-bond acceptors (Lipinski definition) is 3. The predicted octanol–water partition coefficient (Wildman–Crippen LogP) is 3.64. The second kappa shape index (κ2) is 6.40. The van der Waals surface area contributed by atoms with Crippen molar-refractivity contribution in [1.82, 2.24) is 15.3 Å². The normalized spacial score (nSPS) is 14.5. The highest BCUT2D eigenvalue weighted by molar-refractivity contribution is 5.87. The lowest BCUT2D eigenvalue weighted by Crippen LogP contribution is -2.47. The molecule has 1 amide bonds. The molecule has 1 aromatic carbocycles. The van der Waals surface area contributed by atoms with E-state index in [9.17, 15) is 4.79 Å². The fourth-order valence-corrected chi connectivity index (χ4v) is 2.66. The van der Waals surface area contributed by atoms with Gasteiger partial charge >= 0.3 is 0 Å². The molecule has 24 heavy (non-hydrogen) atoms. The van der Waals surface area contributed by atoms with E-state index in [4.69, 9.17) is 6.57 Å². The molecule has 1 fully saturated rings. The molecule has 2 aromatic rings. The highest BCUT2D eigenvalue weighted by Gasteiger charge is 2.32. The quantitative estimate of drug-likeness (QED) is 0.875. The van der Waals surface area contributed by atoms with Gasteiger partial charge in [0.2, 0.25) is 5.91 Å². The van der Waals surface area contributed by atoms with Crippen LogP contribution in [0.1, 0.15) is 38.7 Å². The van der Waals surface area contributed by atoms with E-state index in [1.165, 1.54) is 12.6 Å². The molecule has 1 N–H and O–H groups in total. The summed E-state index contributed by atoms with van der Waals surface area (Å²) in [5.41, 5.74) is 1.91. The maximum atomic E-state index is 12.5. The Labute approximate surface area is 142 Å². The average molecular weight is 320 g/mol. The molecule has 1 heterocycles. The molecule has 0 atom stereocenters. The van der Waals surface area contributed by atoms with Crippen LogP contribution in [0, 0.1) is 6.57 Å². The van der Waals surface area contributed by atoms with E-state index in [0.717, 1.165) is 24.0 Å². The standard InChI is InChI=1S/C19H20N4O/c1-19(2,18(24)22-15-5-4-6-15)14-9-7-13(8-10-14)16-11-21-12-17(20-3)23-16/h7-12,15H,4-6H2,1-2H3,(H,22,24). The van der Waals surface area contributed by atoms with Crippen LogP contribution >= 0.6 is 0 Å². The van der Waals surface area contributed by atoms with Gasteiger partial charge in [-0.1, -0.05) is 30.8 Å². The van der Waals surface area contributed by atoms with E-state index in [1.54, 1.807) is 6.20 Å². The fraction of sp³-hybridized carbons (Fsp3) is 0.368. The van der Waals surface area contributed by atoms with Gasteiger partial charge in [0.1, 0.15) is 0 Å². The van der Waals surface area contributed by atoms with Crippen molar-refractivity contribution in [1.29, 1.82) is 0 Å². The van der Waals surface area contributed by atoms with Gasteiger partial charge in [-0.3, -0.25) is 9.78 Å². The van der Waals surface area contributed by atoms with Crippen LogP contribution < -0.4 is 5.32 Å². The van der Waals surface area contributed by atoms with Crippen LogP contribution in [0.25, 0.3) is 16.1 Å². The zero-order valence-corrected chi connectivity index (χ0v) is 13.9. The summed E-state index contributed by atoms with van der Waals surface area (Å²) in [6.07, 6.45) is 6.44. The molecule has 1 aliphatic rings. The molecular weight excluding hydrogens is 300 g/mol. The first-order valence-corrected chi connectivity index (χ1v) is 8.12. The molecule has 0 unspecified atom stereocenters. The first-order valence-electron chi connectivity index (χ1n) is 8.12. The number of nitrogens with zero attached hydrogens (tertiary/aromatic N) is 3. The van der Waals surface area contributed by atoms with E-state index < -0.39 is 5.41 Å². The van der Waals surface area contributed by atoms with Gasteiger partial charge in [-0.2, -0.15) is 0 Å². The number of aromatic nitrogens is 2. The molecule has 0 aliphatic heterocycles. The Morgan fingerprint density at radius 2 is 1.96 bits per heavy atom. The van der Waals surface area contributed by atoms with Crippen LogP contribution in [-0.2, 0) is 10.2 Å². The molecular formula is C19H20N4O. The molecule has 1 aliphatic carbocycles. The molecule has 3 rings (SSSR count). The Kier molecular flexibility index (Phi) is 4.30. The molecule has 0 radical (unpaired) electrons. The number of hydrogen-bond donors (Lipinski definition) is 1. The SMILES string of the molecule is [C-]#[N+]c1cncc(-c2ccc(C(C)(C)C(=O)NC3CCC3)cc2)n1. The fourth-order valence-electron chi connectivity index (χ4n) is 2.66. The van der Waals surface area contributed by atoms with Gasteiger partial charge in [0.05, 0.1) is 17.8 Å².